The first-order valence-corrected chi connectivity index (χ1v) is 9.75. The molecule has 0 unspecified atom stereocenters. The third-order valence-corrected chi connectivity index (χ3v) is 4.70. The number of nitrogens with one attached hydrogen (secondary N) is 1. The molecule has 25 heavy (non-hydrogen) atoms. The molecule has 0 aromatic heterocycles. The summed E-state index contributed by atoms with van der Waals surface area (Å²) in [5.41, 5.74) is 1.08. The first kappa shape index (κ1) is 20.1. The molecule has 0 aliphatic rings. The van der Waals surface area contributed by atoms with E-state index in [2.05, 4.69) is 28.2 Å². The summed E-state index contributed by atoms with van der Waals surface area (Å²) in [5.74, 6) is 0.153. The average molecular weight is 445 g/mol. The van der Waals surface area contributed by atoms with Gasteiger partial charge in [0.05, 0.1) is 16.7 Å². The maximum atomic E-state index is 12.4. The van der Waals surface area contributed by atoms with Gasteiger partial charge in [0.25, 0.3) is 5.91 Å². The number of benzene rings is 2. The highest BCUT2D eigenvalue weighted by molar-refractivity contribution is 9.10. The monoisotopic (exact) mass is 443 g/mol. The first-order chi connectivity index (χ1) is 12.0. The van der Waals surface area contributed by atoms with E-state index in [1.54, 1.807) is 24.3 Å². The van der Waals surface area contributed by atoms with Crippen molar-refractivity contribution in [2.75, 3.05) is 11.9 Å². The predicted molar refractivity (Wildman–Crippen MR) is 108 cm³/mol. The number of halogens is 3. The molecule has 0 heterocycles. The molecule has 0 spiro atoms. The molecule has 0 aliphatic carbocycles. The maximum absolute atomic E-state index is 12.4. The van der Waals surface area contributed by atoms with E-state index in [1.165, 1.54) is 12.8 Å². The van der Waals surface area contributed by atoms with Crippen LogP contribution in [0, 0.1) is 0 Å². The molecule has 0 saturated heterocycles. The Hall–Kier alpha value is -1.23. The number of carbonyl (C=O) groups excluding carboxylic acids is 1. The van der Waals surface area contributed by atoms with Crippen LogP contribution in [0.2, 0.25) is 10.0 Å². The third kappa shape index (κ3) is 6.21. The van der Waals surface area contributed by atoms with Crippen molar-refractivity contribution in [2.45, 2.75) is 32.6 Å². The van der Waals surface area contributed by atoms with Gasteiger partial charge in [-0.05, 0) is 42.8 Å². The summed E-state index contributed by atoms with van der Waals surface area (Å²) in [6.45, 7) is 2.72. The number of hydrogen-bond acceptors (Lipinski definition) is 2. The van der Waals surface area contributed by atoms with E-state index >= 15 is 0 Å². The zero-order chi connectivity index (χ0) is 18.2. The van der Waals surface area contributed by atoms with Gasteiger partial charge in [0.15, 0.2) is 5.75 Å². The summed E-state index contributed by atoms with van der Waals surface area (Å²) in [6, 6.07) is 10.5. The Morgan fingerprint density at radius 2 is 1.72 bits per heavy atom. The van der Waals surface area contributed by atoms with Gasteiger partial charge in [-0.1, -0.05) is 65.3 Å². The van der Waals surface area contributed by atoms with Crippen LogP contribution in [0.5, 0.6) is 5.75 Å². The molecule has 0 aliphatic heterocycles. The smallest absolute Gasteiger partial charge is 0.255 e. The molecule has 1 amide bonds. The molecule has 0 radical (unpaired) electrons. The van der Waals surface area contributed by atoms with E-state index < -0.39 is 0 Å². The molecular weight excluding hydrogens is 425 g/mol. The van der Waals surface area contributed by atoms with E-state index in [0.29, 0.717) is 33.7 Å². The van der Waals surface area contributed by atoms with Crippen LogP contribution in [0.1, 0.15) is 43.0 Å². The molecule has 0 fully saturated rings. The Balaban J connectivity index is 2.02. The van der Waals surface area contributed by atoms with Gasteiger partial charge in [-0.3, -0.25) is 4.79 Å². The highest BCUT2D eigenvalue weighted by atomic mass is 79.9. The number of unbranched alkanes of at least 4 members (excludes halogenated alkanes) is 3. The number of hydrogen-bond donors (Lipinski definition) is 1. The van der Waals surface area contributed by atoms with Gasteiger partial charge in [0, 0.05) is 15.7 Å². The van der Waals surface area contributed by atoms with Crippen molar-refractivity contribution < 1.29 is 9.53 Å². The summed E-state index contributed by atoms with van der Waals surface area (Å²) >= 11 is 15.9. The van der Waals surface area contributed by atoms with Crippen LogP contribution in [-0.4, -0.2) is 12.5 Å². The summed E-state index contributed by atoms with van der Waals surface area (Å²) in [6.07, 6.45) is 4.41. The van der Waals surface area contributed by atoms with E-state index in [9.17, 15) is 4.79 Å². The van der Waals surface area contributed by atoms with Crippen molar-refractivity contribution in [3.05, 3.63) is 56.5 Å². The standard InChI is InChI=1S/C19H20BrCl2NO2/c1-2-3-4-5-10-25-18-16(21)11-13(12-17(18)22)19(24)23-15-8-6-14(20)7-9-15/h6-9,11-12H,2-5,10H2,1H3,(H,23,24). The topological polar surface area (TPSA) is 38.3 Å². The van der Waals surface area contributed by atoms with Crippen LogP contribution in [0.15, 0.2) is 40.9 Å². The summed E-state index contributed by atoms with van der Waals surface area (Å²) in [4.78, 5) is 12.4. The van der Waals surface area contributed by atoms with Crippen LogP contribution in [0.4, 0.5) is 5.69 Å². The lowest BCUT2D eigenvalue weighted by molar-refractivity contribution is 0.102. The van der Waals surface area contributed by atoms with Crippen molar-refractivity contribution in [3.8, 4) is 5.75 Å². The van der Waals surface area contributed by atoms with Gasteiger partial charge in [-0.2, -0.15) is 0 Å². The van der Waals surface area contributed by atoms with E-state index in [-0.39, 0.29) is 5.91 Å². The number of ether oxygens (including phenoxy) is 1. The number of amides is 1. The maximum Gasteiger partial charge on any atom is 0.255 e. The quantitative estimate of drug-likeness (QED) is 0.446. The molecule has 0 atom stereocenters. The fourth-order valence-corrected chi connectivity index (χ4v) is 3.13. The van der Waals surface area contributed by atoms with Gasteiger partial charge in [0.1, 0.15) is 0 Å². The Labute approximate surface area is 166 Å². The Morgan fingerprint density at radius 3 is 2.32 bits per heavy atom. The Kier molecular flexibility index (Phi) is 8.07. The molecule has 2 rings (SSSR count). The van der Waals surface area contributed by atoms with Crippen molar-refractivity contribution in [1.82, 2.24) is 0 Å². The summed E-state index contributed by atoms with van der Waals surface area (Å²) < 4.78 is 6.62. The molecule has 3 nitrogen and oxygen atoms in total. The Bertz CT molecular complexity index is 697. The summed E-state index contributed by atoms with van der Waals surface area (Å²) in [7, 11) is 0. The molecule has 2 aromatic rings. The van der Waals surface area contributed by atoms with Crippen LogP contribution in [0.3, 0.4) is 0 Å². The minimum absolute atomic E-state index is 0.277. The van der Waals surface area contributed by atoms with Crippen LogP contribution in [-0.2, 0) is 0 Å². The third-order valence-electron chi connectivity index (χ3n) is 3.61. The number of carbonyl (C=O) groups is 1. The lowest BCUT2D eigenvalue weighted by Crippen LogP contribution is -2.12. The minimum atomic E-state index is -0.277. The van der Waals surface area contributed by atoms with Gasteiger partial charge in [-0.15, -0.1) is 0 Å². The zero-order valence-electron chi connectivity index (χ0n) is 14.0. The highest BCUT2D eigenvalue weighted by Crippen LogP contribution is 2.34. The molecule has 2 aromatic carbocycles. The number of anilines is 1. The second kappa shape index (κ2) is 10.0. The van der Waals surface area contributed by atoms with Crippen molar-refractivity contribution in [1.29, 1.82) is 0 Å². The average Bonchev–Trinajstić information content (AvgIpc) is 2.58. The normalized spacial score (nSPS) is 10.6. The number of rotatable bonds is 8. The molecule has 134 valence electrons. The van der Waals surface area contributed by atoms with Crippen molar-refractivity contribution in [3.63, 3.8) is 0 Å². The van der Waals surface area contributed by atoms with E-state index in [4.69, 9.17) is 27.9 Å². The van der Waals surface area contributed by atoms with Crippen molar-refractivity contribution >= 4 is 50.7 Å². The molecule has 0 saturated carbocycles. The first-order valence-electron chi connectivity index (χ1n) is 8.20. The molecule has 0 bridgehead atoms. The fraction of sp³-hybridized carbons (Fsp3) is 0.316. The summed E-state index contributed by atoms with van der Waals surface area (Å²) in [5, 5.41) is 3.48. The lowest BCUT2D eigenvalue weighted by atomic mass is 10.2. The molecule has 1 N–H and O–H groups in total. The molecular formula is C19H20BrCl2NO2. The van der Waals surface area contributed by atoms with E-state index in [1.807, 2.05) is 12.1 Å². The lowest BCUT2D eigenvalue weighted by Gasteiger charge is -2.12. The van der Waals surface area contributed by atoms with Crippen LogP contribution < -0.4 is 10.1 Å². The minimum Gasteiger partial charge on any atom is -0.490 e. The predicted octanol–water partition coefficient (Wildman–Crippen LogP) is 6.97. The Morgan fingerprint density at radius 1 is 1.08 bits per heavy atom. The van der Waals surface area contributed by atoms with Gasteiger partial charge >= 0.3 is 0 Å². The van der Waals surface area contributed by atoms with Gasteiger partial charge in [-0.25, -0.2) is 0 Å². The SMILES string of the molecule is CCCCCCOc1c(Cl)cc(C(=O)Nc2ccc(Br)cc2)cc1Cl. The molecule has 6 heteroatoms. The van der Waals surface area contributed by atoms with Crippen molar-refractivity contribution in [2.24, 2.45) is 0 Å². The second-order valence-electron chi connectivity index (χ2n) is 5.64. The zero-order valence-corrected chi connectivity index (χ0v) is 17.0. The largest absolute Gasteiger partial charge is 0.490 e. The second-order valence-corrected chi connectivity index (χ2v) is 7.37. The highest BCUT2D eigenvalue weighted by Gasteiger charge is 2.14. The van der Waals surface area contributed by atoms with Crippen LogP contribution >= 0.6 is 39.1 Å². The van der Waals surface area contributed by atoms with E-state index in [0.717, 1.165) is 17.3 Å². The van der Waals surface area contributed by atoms with Gasteiger partial charge in [0.2, 0.25) is 0 Å². The fourth-order valence-electron chi connectivity index (χ4n) is 2.27. The van der Waals surface area contributed by atoms with Crippen LogP contribution in [0.25, 0.3) is 0 Å². The van der Waals surface area contributed by atoms with Gasteiger partial charge < -0.3 is 10.1 Å².